The zero-order valence-corrected chi connectivity index (χ0v) is 17.5. The van der Waals surface area contributed by atoms with E-state index in [0.29, 0.717) is 35.3 Å². The fourth-order valence-electron chi connectivity index (χ4n) is 3.07. The standard InChI is InChI=1S/C17H24N4O4S2/c1-11-7-8-14(26-11)27(23,24)21-9-5-6-13(10-21)15(22)19-17(3,4)16-18-12(2)25-20-16/h7-8,13H,5-6,9-10H2,1-4H3,(H,19,22). The summed E-state index contributed by atoms with van der Waals surface area (Å²) < 4.78 is 32.4. The Hall–Kier alpha value is -1.78. The van der Waals surface area contributed by atoms with Crippen LogP contribution in [0.4, 0.5) is 0 Å². The number of nitrogens with zero attached hydrogens (tertiary/aromatic N) is 3. The van der Waals surface area contributed by atoms with E-state index in [-0.39, 0.29) is 12.5 Å². The predicted octanol–water partition coefficient (Wildman–Crippen LogP) is 2.20. The number of amides is 1. The van der Waals surface area contributed by atoms with E-state index in [4.69, 9.17) is 4.52 Å². The first-order chi connectivity index (χ1) is 12.6. The number of sulfonamides is 1. The van der Waals surface area contributed by atoms with E-state index in [1.54, 1.807) is 32.9 Å². The maximum absolute atomic E-state index is 12.9. The van der Waals surface area contributed by atoms with Crippen LogP contribution in [0.15, 0.2) is 20.9 Å². The van der Waals surface area contributed by atoms with Gasteiger partial charge in [-0.1, -0.05) is 5.16 Å². The van der Waals surface area contributed by atoms with E-state index in [1.165, 1.54) is 15.6 Å². The monoisotopic (exact) mass is 412 g/mol. The van der Waals surface area contributed by atoms with Gasteiger partial charge < -0.3 is 9.84 Å². The SMILES string of the molecule is Cc1nc(C(C)(C)NC(=O)C2CCCN(S(=O)(=O)c3ccc(C)s3)C2)no1. The molecule has 148 valence electrons. The van der Waals surface area contributed by atoms with Crippen LogP contribution in [0, 0.1) is 19.8 Å². The summed E-state index contributed by atoms with van der Waals surface area (Å²) in [5, 5.41) is 6.80. The number of hydrogen-bond acceptors (Lipinski definition) is 7. The molecule has 1 N–H and O–H groups in total. The van der Waals surface area contributed by atoms with Gasteiger partial charge in [-0.25, -0.2) is 8.42 Å². The topological polar surface area (TPSA) is 105 Å². The molecule has 10 heteroatoms. The molecule has 2 aromatic heterocycles. The molecule has 27 heavy (non-hydrogen) atoms. The molecule has 1 aliphatic heterocycles. The number of carbonyl (C=O) groups excluding carboxylic acids is 1. The minimum Gasteiger partial charge on any atom is -0.344 e. The summed E-state index contributed by atoms with van der Waals surface area (Å²) in [6, 6.07) is 3.42. The summed E-state index contributed by atoms with van der Waals surface area (Å²) in [5.41, 5.74) is -0.805. The first kappa shape index (κ1) is 20.0. The molecule has 0 radical (unpaired) electrons. The van der Waals surface area contributed by atoms with Gasteiger partial charge in [0, 0.05) is 24.9 Å². The number of hydrogen-bond donors (Lipinski definition) is 1. The molecule has 0 aromatic carbocycles. The second-order valence-corrected chi connectivity index (χ2v) is 10.8. The average Bonchev–Trinajstić information content (AvgIpc) is 3.24. The summed E-state index contributed by atoms with van der Waals surface area (Å²) in [7, 11) is -3.57. The Morgan fingerprint density at radius 1 is 1.37 bits per heavy atom. The Kier molecular flexibility index (Phi) is 5.42. The summed E-state index contributed by atoms with van der Waals surface area (Å²) in [4.78, 5) is 17.9. The molecule has 3 rings (SSSR count). The minimum absolute atomic E-state index is 0.173. The van der Waals surface area contributed by atoms with Crippen molar-refractivity contribution in [2.24, 2.45) is 5.92 Å². The third-order valence-electron chi connectivity index (χ3n) is 4.59. The second-order valence-electron chi connectivity index (χ2n) is 7.32. The third kappa shape index (κ3) is 4.22. The van der Waals surface area contributed by atoms with E-state index in [9.17, 15) is 13.2 Å². The largest absolute Gasteiger partial charge is 0.344 e. The van der Waals surface area contributed by atoms with E-state index in [0.717, 1.165) is 4.88 Å². The van der Waals surface area contributed by atoms with E-state index >= 15 is 0 Å². The summed E-state index contributed by atoms with van der Waals surface area (Å²) in [5.74, 6) is 0.197. The number of thiophene rings is 1. The Morgan fingerprint density at radius 3 is 2.70 bits per heavy atom. The molecule has 1 atom stereocenters. The molecule has 2 aromatic rings. The van der Waals surface area contributed by atoms with Crippen LogP contribution >= 0.6 is 11.3 Å². The molecule has 8 nitrogen and oxygen atoms in total. The van der Waals surface area contributed by atoms with Crippen molar-refractivity contribution in [3.8, 4) is 0 Å². The first-order valence-corrected chi connectivity index (χ1v) is 11.0. The maximum Gasteiger partial charge on any atom is 0.252 e. The minimum atomic E-state index is -3.57. The van der Waals surface area contributed by atoms with Crippen molar-refractivity contribution in [3.05, 3.63) is 28.7 Å². The van der Waals surface area contributed by atoms with Crippen LogP contribution in [0.3, 0.4) is 0 Å². The van der Waals surface area contributed by atoms with Gasteiger partial charge in [-0.2, -0.15) is 9.29 Å². The van der Waals surface area contributed by atoms with Gasteiger partial charge >= 0.3 is 0 Å². The van der Waals surface area contributed by atoms with Crippen LogP contribution < -0.4 is 5.32 Å². The van der Waals surface area contributed by atoms with Gasteiger partial charge in [-0.15, -0.1) is 11.3 Å². The van der Waals surface area contributed by atoms with Crippen molar-refractivity contribution in [2.45, 2.75) is 50.3 Å². The van der Waals surface area contributed by atoms with Crippen molar-refractivity contribution in [3.63, 3.8) is 0 Å². The van der Waals surface area contributed by atoms with Crippen molar-refractivity contribution >= 4 is 27.3 Å². The number of aryl methyl sites for hydroxylation is 2. The fraction of sp³-hybridized carbons (Fsp3) is 0.588. The quantitative estimate of drug-likeness (QED) is 0.807. The van der Waals surface area contributed by atoms with Gasteiger partial charge in [0.2, 0.25) is 11.8 Å². The Morgan fingerprint density at radius 2 is 2.11 bits per heavy atom. The van der Waals surface area contributed by atoms with Gasteiger partial charge in [0.15, 0.2) is 5.82 Å². The molecule has 3 heterocycles. The molecule has 1 fully saturated rings. The zero-order chi connectivity index (χ0) is 19.8. The maximum atomic E-state index is 12.9. The smallest absolute Gasteiger partial charge is 0.252 e. The number of piperidine rings is 1. The highest BCUT2D eigenvalue weighted by atomic mass is 32.2. The third-order valence-corrected chi connectivity index (χ3v) is 7.92. The van der Waals surface area contributed by atoms with Crippen LogP contribution in [0.5, 0.6) is 0 Å². The second kappa shape index (κ2) is 7.33. The van der Waals surface area contributed by atoms with Gasteiger partial charge in [0.25, 0.3) is 10.0 Å². The van der Waals surface area contributed by atoms with Crippen molar-refractivity contribution in [1.29, 1.82) is 0 Å². The van der Waals surface area contributed by atoms with Crippen molar-refractivity contribution in [1.82, 2.24) is 19.8 Å². The van der Waals surface area contributed by atoms with E-state index in [1.807, 2.05) is 6.92 Å². The predicted molar refractivity (Wildman–Crippen MR) is 101 cm³/mol. The van der Waals surface area contributed by atoms with Gasteiger partial charge in [-0.3, -0.25) is 4.79 Å². The molecular formula is C17H24N4O4S2. The summed E-state index contributed by atoms with van der Waals surface area (Å²) in [6.07, 6.45) is 1.28. The highest BCUT2D eigenvalue weighted by molar-refractivity contribution is 7.91. The summed E-state index contributed by atoms with van der Waals surface area (Å²) >= 11 is 1.25. The van der Waals surface area contributed by atoms with Crippen LogP contribution in [0.2, 0.25) is 0 Å². The number of aromatic nitrogens is 2. The molecule has 0 bridgehead atoms. The van der Waals surface area contributed by atoms with Gasteiger partial charge in [-0.05, 0) is 45.7 Å². The Bertz CT molecular complexity index is 932. The zero-order valence-electron chi connectivity index (χ0n) is 15.9. The normalized spacial score (nSPS) is 19.2. The molecule has 1 aliphatic rings. The lowest BCUT2D eigenvalue weighted by Crippen LogP contribution is -2.50. The molecule has 1 saturated heterocycles. The van der Waals surface area contributed by atoms with E-state index < -0.39 is 21.5 Å². The Labute approximate surface area is 163 Å². The van der Waals surface area contributed by atoms with Gasteiger partial charge in [0.05, 0.1) is 11.5 Å². The molecular weight excluding hydrogens is 388 g/mol. The lowest BCUT2D eigenvalue weighted by Gasteiger charge is -2.33. The number of rotatable bonds is 5. The van der Waals surface area contributed by atoms with Crippen LogP contribution in [-0.2, 0) is 20.4 Å². The van der Waals surface area contributed by atoms with Crippen LogP contribution in [0.25, 0.3) is 0 Å². The average molecular weight is 413 g/mol. The first-order valence-electron chi connectivity index (χ1n) is 8.79. The molecule has 0 aliphatic carbocycles. The number of nitrogens with one attached hydrogen (secondary N) is 1. The van der Waals surface area contributed by atoms with E-state index in [2.05, 4.69) is 15.5 Å². The molecule has 0 spiro atoms. The Balaban J connectivity index is 1.71. The highest BCUT2D eigenvalue weighted by Gasteiger charge is 2.36. The van der Waals surface area contributed by atoms with Crippen molar-refractivity contribution in [2.75, 3.05) is 13.1 Å². The van der Waals surface area contributed by atoms with Gasteiger partial charge in [0.1, 0.15) is 4.21 Å². The van der Waals surface area contributed by atoms with Crippen LogP contribution in [0.1, 0.15) is 43.3 Å². The van der Waals surface area contributed by atoms with Crippen molar-refractivity contribution < 1.29 is 17.7 Å². The fourth-order valence-corrected chi connectivity index (χ4v) is 6.03. The molecule has 1 unspecified atom stereocenters. The lowest BCUT2D eigenvalue weighted by atomic mass is 9.96. The van der Waals surface area contributed by atoms with Crippen LogP contribution in [-0.4, -0.2) is 41.9 Å². The molecule has 1 amide bonds. The molecule has 0 saturated carbocycles. The number of carbonyl (C=O) groups is 1. The highest BCUT2D eigenvalue weighted by Crippen LogP contribution is 2.29. The lowest BCUT2D eigenvalue weighted by molar-refractivity contribution is -0.127. The summed E-state index contributed by atoms with van der Waals surface area (Å²) in [6.45, 7) is 7.74.